The van der Waals surface area contributed by atoms with Crippen LogP contribution in [0.25, 0.3) is 0 Å². The zero-order valence-electron chi connectivity index (χ0n) is 14.2. The van der Waals surface area contributed by atoms with E-state index in [1.54, 1.807) is 0 Å². The third-order valence-corrected chi connectivity index (χ3v) is 4.33. The molecule has 0 bridgehead atoms. The Morgan fingerprint density at radius 2 is 1.88 bits per heavy atom. The van der Waals surface area contributed by atoms with E-state index < -0.39 is 5.56 Å². The van der Waals surface area contributed by atoms with Crippen molar-refractivity contribution in [3.05, 3.63) is 45.9 Å². The first-order valence-corrected chi connectivity index (χ1v) is 8.41. The minimum atomic E-state index is -0.425. The first kappa shape index (κ1) is 18.0. The van der Waals surface area contributed by atoms with Crippen LogP contribution in [0.1, 0.15) is 32.0 Å². The molecule has 1 amide bonds. The van der Waals surface area contributed by atoms with Crippen molar-refractivity contribution in [2.45, 2.75) is 38.3 Å². The second-order valence-electron chi connectivity index (χ2n) is 6.41. The lowest BCUT2D eigenvalue weighted by Crippen LogP contribution is -2.32. The monoisotopic (exact) mass is 347 g/mol. The van der Waals surface area contributed by atoms with Gasteiger partial charge in [0.2, 0.25) is 11.1 Å². The minimum absolute atomic E-state index is 0.0628. The van der Waals surface area contributed by atoms with Crippen LogP contribution in [0.2, 0.25) is 0 Å². The molecule has 0 unspecified atom stereocenters. The van der Waals surface area contributed by atoms with Crippen molar-refractivity contribution < 1.29 is 4.79 Å². The summed E-state index contributed by atoms with van der Waals surface area (Å²) in [4.78, 5) is 23.7. The molecule has 2 aromatic rings. The molecule has 24 heavy (non-hydrogen) atoms. The van der Waals surface area contributed by atoms with Gasteiger partial charge in [-0.3, -0.25) is 9.59 Å². The van der Waals surface area contributed by atoms with Gasteiger partial charge in [-0.25, -0.2) is 0 Å². The lowest BCUT2D eigenvalue weighted by Gasteiger charge is -2.19. The number of carbonyl (C=O) groups excluding carboxylic acids is 1. The lowest BCUT2D eigenvalue weighted by molar-refractivity contribution is -0.113. The van der Waals surface area contributed by atoms with Crippen LogP contribution in [0.3, 0.4) is 0 Å². The van der Waals surface area contributed by atoms with Gasteiger partial charge in [-0.05, 0) is 30.0 Å². The summed E-state index contributed by atoms with van der Waals surface area (Å²) in [7, 11) is 0. The molecule has 0 radical (unpaired) electrons. The maximum absolute atomic E-state index is 12.0. The summed E-state index contributed by atoms with van der Waals surface area (Å²) < 4.78 is 0.901. The summed E-state index contributed by atoms with van der Waals surface area (Å²) in [6, 6.07) is 7.72. The molecule has 1 aromatic heterocycles. The number of aryl methyl sites for hydroxylation is 1. The Morgan fingerprint density at radius 1 is 1.25 bits per heavy atom. The molecular formula is C16H21N5O2S. The zero-order valence-corrected chi connectivity index (χ0v) is 15.0. The average molecular weight is 347 g/mol. The number of hydrogen-bond acceptors (Lipinski definition) is 6. The molecule has 0 aliphatic heterocycles. The average Bonchev–Trinajstić information content (AvgIpc) is 2.51. The number of nitrogens with two attached hydrogens (primary N) is 1. The molecule has 7 nitrogen and oxygen atoms in total. The van der Waals surface area contributed by atoms with E-state index in [-0.39, 0.29) is 27.9 Å². The number of rotatable bonds is 4. The third-order valence-electron chi connectivity index (χ3n) is 3.39. The molecule has 128 valence electrons. The molecule has 0 aliphatic rings. The Labute approximate surface area is 144 Å². The van der Waals surface area contributed by atoms with E-state index in [0.29, 0.717) is 5.69 Å². The molecular weight excluding hydrogens is 326 g/mol. The number of nitrogens with zero attached hydrogens (tertiary/aromatic N) is 3. The molecule has 0 aliphatic carbocycles. The first-order valence-electron chi connectivity index (χ1n) is 7.43. The second kappa shape index (κ2) is 7.04. The summed E-state index contributed by atoms with van der Waals surface area (Å²) in [5.41, 5.74) is 1.76. The van der Waals surface area contributed by atoms with Gasteiger partial charge in [-0.2, -0.15) is 4.68 Å². The Balaban J connectivity index is 1.97. The highest BCUT2D eigenvalue weighted by molar-refractivity contribution is 7.99. The number of thioether (sulfide) groups is 1. The van der Waals surface area contributed by atoms with E-state index >= 15 is 0 Å². The Bertz CT molecular complexity index is 794. The van der Waals surface area contributed by atoms with Gasteiger partial charge in [0, 0.05) is 5.69 Å². The number of aromatic nitrogens is 3. The van der Waals surface area contributed by atoms with Crippen LogP contribution in [0, 0.1) is 6.92 Å². The van der Waals surface area contributed by atoms with E-state index in [0.717, 1.165) is 16.4 Å². The molecule has 2 rings (SSSR count). The molecule has 0 saturated heterocycles. The largest absolute Gasteiger partial charge is 0.334 e. The molecule has 0 saturated carbocycles. The maximum Gasteiger partial charge on any atom is 0.294 e. The normalized spacial score (nSPS) is 11.3. The number of benzene rings is 1. The number of nitrogen functional groups attached to an aromatic ring is 1. The van der Waals surface area contributed by atoms with Crippen LogP contribution >= 0.6 is 11.8 Å². The SMILES string of the molecule is Cc1nnc(SCC(=O)Nc2ccc(C(C)(C)C)cc2)n(N)c1=O. The Hall–Kier alpha value is -2.35. The number of nitrogens with one attached hydrogen (secondary N) is 1. The summed E-state index contributed by atoms with van der Waals surface area (Å²) in [5, 5.41) is 10.5. The van der Waals surface area contributed by atoms with E-state index in [1.165, 1.54) is 12.5 Å². The minimum Gasteiger partial charge on any atom is -0.334 e. The zero-order chi connectivity index (χ0) is 17.9. The van der Waals surface area contributed by atoms with Crippen molar-refractivity contribution in [3.8, 4) is 0 Å². The number of carbonyl (C=O) groups is 1. The van der Waals surface area contributed by atoms with Gasteiger partial charge in [-0.15, -0.1) is 10.2 Å². The van der Waals surface area contributed by atoms with Crippen molar-refractivity contribution in [2.75, 3.05) is 16.9 Å². The van der Waals surface area contributed by atoms with Gasteiger partial charge in [0.05, 0.1) is 5.75 Å². The van der Waals surface area contributed by atoms with Gasteiger partial charge >= 0.3 is 0 Å². The second-order valence-corrected chi connectivity index (χ2v) is 7.35. The lowest BCUT2D eigenvalue weighted by atomic mass is 9.87. The topological polar surface area (TPSA) is 103 Å². The molecule has 8 heteroatoms. The van der Waals surface area contributed by atoms with Crippen molar-refractivity contribution in [3.63, 3.8) is 0 Å². The van der Waals surface area contributed by atoms with Crippen LogP contribution in [0.5, 0.6) is 0 Å². The fourth-order valence-corrected chi connectivity index (χ4v) is 2.60. The molecule has 0 fully saturated rings. The standard InChI is InChI=1S/C16H21N5O2S/c1-10-14(23)21(17)15(20-19-10)24-9-13(22)18-12-7-5-11(6-8-12)16(2,3)4/h5-8H,9,17H2,1-4H3,(H,18,22). The summed E-state index contributed by atoms with van der Waals surface area (Å²) >= 11 is 1.06. The number of amides is 1. The Morgan fingerprint density at radius 3 is 2.46 bits per heavy atom. The van der Waals surface area contributed by atoms with Crippen molar-refractivity contribution in [1.82, 2.24) is 14.9 Å². The van der Waals surface area contributed by atoms with Crippen LogP contribution in [0.4, 0.5) is 5.69 Å². The maximum atomic E-state index is 12.0. The van der Waals surface area contributed by atoms with Gasteiger partial charge in [0.15, 0.2) is 0 Å². The van der Waals surface area contributed by atoms with Gasteiger partial charge in [0.25, 0.3) is 5.56 Å². The van der Waals surface area contributed by atoms with Gasteiger partial charge in [0.1, 0.15) is 5.69 Å². The van der Waals surface area contributed by atoms with E-state index in [2.05, 4.69) is 36.3 Å². The van der Waals surface area contributed by atoms with Crippen LogP contribution < -0.4 is 16.7 Å². The smallest absolute Gasteiger partial charge is 0.294 e. The van der Waals surface area contributed by atoms with E-state index in [4.69, 9.17) is 5.84 Å². The van der Waals surface area contributed by atoms with Crippen LogP contribution in [0.15, 0.2) is 34.2 Å². The van der Waals surface area contributed by atoms with Crippen LogP contribution in [-0.4, -0.2) is 26.5 Å². The summed E-state index contributed by atoms with van der Waals surface area (Å²) in [6.07, 6.45) is 0. The molecule has 1 heterocycles. The molecule has 0 atom stereocenters. The van der Waals surface area contributed by atoms with Crippen molar-refractivity contribution >= 4 is 23.4 Å². The first-order chi connectivity index (χ1) is 11.2. The van der Waals surface area contributed by atoms with Gasteiger partial charge < -0.3 is 11.2 Å². The van der Waals surface area contributed by atoms with E-state index in [1.807, 2.05) is 24.3 Å². The molecule has 3 N–H and O–H groups in total. The van der Waals surface area contributed by atoms with Crippen LogP contribution in [-0.2, 0) is 10.2 Å². The van der Waals surface area contributed by atoms with Gasteiger partial charge in [-0.1, -0.05) is 44.7 Å². The van der Waals surface area contributed by atoms with Crippen molar-refractivity contribution in [1.29, 1.82) is 0 Å². The highest BCUT2D eigenvalue weighted by Gasteiger charge is 2.14. The predicted octanol–water partition coefficient (Wildman–Crippen LogP) is 1.69. The van der Waals surface area contributed by atoms with Crippen molar-refractivity contribution in [2.24, 2.45) is 0 Å². The Kier molecular flexibility index (Phi) is 5.28. The highest BCUT2D eigenvalue weighted by Crippen LogP contribution is 2.23. The molecule has 0 spiro atoms. The molecule has 1 aromatic carbocycles. The number of hydrogen-bond donors (Lipinski definition) is 2. The number of anilines is 1. The predicted molar refractivity (Wildman–Crippen MR) is 95.7 cm³/mol. The van der Waals surface area contributed by atoms with E-state index in [9.17, 15) is 9.59 Å². The summed E-state index contributed by atoms with van der Waals surface area (Å²) in [6.45, 7) is 7.92. The third kappa shape index (κ3) is 4.35. The highest BCUT2D eigenvalue weighted by atomic mass is 32.2. The fraction of sp³-hybridized carbons (Fsp3) is 0.375. The fourth-order valence-electron chi connectivity index (χ4n) is 1.95. The quantitative estimate of drug-likeness (QED) is 0.644. The summed E-state index contributed by atoms with van der Waals surface area (Å²) in [5.74, 6) is 5.50.